The number of halogens is 1. The molecule has 0 radical (unpaired) electrons. The molecule has 2 rings (SSSR count). The molecule has 0 spiro atoms. The first-order valence-electron chi connectivity index (χ1n) is 4.29. The van der Waals surface area contributed by atoms with Gasteiger partial charge in [-0.05, 0) is 18.2 Å². The van der Waals surface area contributed by atoms with Gasteiger partial charge in [-0.3, -0.25) is 4.79 Å². The maximum Gasteiger partial charge on any atom is 0.153 e. The fourth-order valence-corrected chi connectivity index (χ4v) is 1.27. The molecule has 1 fully saturated rings. The molecule has 1 aromatic rings. The van der Waals surface area contributed by atoms with Crippen LogP contribution in [0.5, 0.6) is 5.75 Å². The summed E-state index contributed by atoms with van der Waals surface area (Å²) in [6.45, 7) is 1.23. The number of hydrogen-bond acceptors (Lipinski definition) is 3. The first-order chi connectivity index (χ1) is 6.79. The van der Waals surface area contributed by atoms with Crippen molar-refractivity contribution >= 4 is 17.9 Å². The van der Waals surface area contributed by atoms with Crippen LogP contribution in [0.3, 0.4) is 0 Å². The SMILES string of the molecule is O=Cc1cc(Cl)ccc1OC[C@@H]1CO1. The highest BCUT2D eigenvalue weighted by molar-refractivity contribution is 6.30. The zero-order valence-electron chi connectivity index (χ0n) is 7.40. The lowest BCUT2D eigenvalue weighted by Crippen LogP contribution is -2.05. The van der Waals surface area contributed by atoms with Crippen LogP contribution in [0.15, 0.2) is 18.2 Å². The predicted octanol–water partition coefficient (Wildman–Crippen LogP) is 1.93. The van der Waals surface area contributed by atoms with Crippen molar-refractivity contribution in [2.75, 3.05) is 13.2 Å². The fourth-order valence-electron chi connectivity index (χ4n) is 1.09. The highest BCUT2D eigenvalue weighted by Gasteiger charge is 2.23. The second-order valence-electron chi connectivity index (χ2n) is 3.07. The normalized spacial score (nSPS) is 19.1. The standard InChI is InChI=1S/C10H9ClO3/c11-8-1-2-10(7(3-8)4-12)14-6-9-5-13-9/h1-4,9H,5-6H2/t9-/m0/s1. The van der Waals surface area contributed by atoms with Crippen LogP contribution in [0.4, 0.5) is 0 Å². The highest BCUT2D eigenvalue weighted by Crippen LogP contribution is 2.22. The fraction of sp³-hybridized carbons (Fsp3) is 0.300. The Hall–Kier alpha value is -1.06. The van der Waals surface area contributed by atoms with Gasteiger partial charge in [-0.1, -0.05) is 11.6 Å². The van der Waals surface area contributed by atoms with Crippen molar-refractivity contribution in [3.05, 3.63) is 28.8 Å². The molecule has 0 unspecified atom stereocenters. The Kier molecular flexibility index (Phi) is 2.70. The third-order valence-electron chi connectivity index (χ3n) is 1.93. The van der Waals surface area contributed by atoms with Gasteiger partial charge in [0.15, 0.2) is 6.29 Å². The summed E-state index contributed by atoms with van der Waals surface area (Å²) in [4.78, 5) is 10.7. The Balaban J connectivity index is 2.09. The molecular weight excluding hydrogens is 204 g/mol. The molecule has 0 aliphatic carbocycles. The van der Waals surface area contributed by atoms with E-state index >= 15 is 0 Å². The number of hydrogen-bond donors (Lipinski definition) is 0. The van der Waals surface area contributed by atoms with E-state index in [4.69, 9.17) is 21.1 Å². The van der Waals surface area contributed by atoms with Crippen molar-refractivity contribution in [3.63, 3.8) is 0 Å². The molecular formula is C10H9ClO3. The zero-order valence-corrected chi connectivity index (χ0v) is 8.16. The van der Waals surface area contributed by atoms with Gasteiger partial charge in [-0.25, -0.2) is 0 Å². The molecule has 1 atom stereocenters. The topological polar surface area (TPSA) is 38.8 Å². The average molecular weight is 213 g/mol. The minimum Gasteiger partial charge on any atom is -0.490 e. The molecule has 0 saturated carbocycles. The number of rotatable bonds is 4. The van der Waals surface area contributed by atoms with E-state index in [0.29, 0.717) is 22.9 Å². The van der Waals surface area contributed by atoms with Crippen molar-refractivity contribution in [1.29, 1.82) is 0 Å². The van der Waals surface area contributed by atoms with Crippen molar-refractivity contribution in [3.8, 4) is 5.75 Å². The summed E-state index contributed by atoms with van der Waals surface area (Å²) in [5, 5.41) is 0.530. The van der Waals surface area contributed by atoms with Gasteiger partial charge in [0.2, 0.25) is 0 Å². The second-order valence-corrected chi connectivity index (χ2v) is 3.50. The predicted molar refractivity (Wildman–Crippen MR) is 52.1 cm³/mol. The van der Waals surface area contributed by atoms with Crippen molar-refractivity contribution < 1.29 is 14.3 Å². The summed E-state index contributed by atoms with van der Waals surface area (Å²) in [5.74, 6) is 0.555. The second kappa shape index (κ2) is 3.98. The van der Waals surface area contributed by atoms with Crippen LogP contribution >= 0.6 is 11.6 Å². The molecule has 1 aliphatic heterocycles. The average Bonchev–Trinajstić information content (AvgIpc) is 2.99. The Morgan fingerprint density at radius 3 is 3.07 bits per heavy atom. The minimum atomic E-state index is 0.185. The van der Waals surface area contributed by atoms with E-state index in [1.807, 2.05) is 0 Å². The Bertz CT molecular complexity index is 347. The first kappa shape index (κ1) is 9.49. The lowest BCUT2D eigenvalue weighted by molar-refractivity contribution is 0.111. The van der Waals surface area contributed by atoms with Crippen LogP contribution in [-0.2, 0) is 4.74 Å². The Labute approximate surface area is 86.6 Å². The van der Waals surface area contributed by atoms with E-state index in [1.54, 1.807) is 18.2 Å². The molecule has 1 aliphatic rings. The molecule has 0 N–H and O–H groups in total. The molecule has 0 bridgehead atoms. The summed E-state index contributed by atoms with van der Waals surface area (Å²) >= 11 is 5.73. The third-order valence-corrected chi connectivity index (χ3v) is 2.16. The number of epoxide rings is 1. The van der Waals surface area contributed by atoms with Gasteiger partial charge < -0.3 is 9.47 Å². The quantitative estimate of drug-likeness (QED) is 0.566. The van der Waals surface area contributed by atoms with E-state index in [2.05, 4.69) is 0 Å². The van der Waals surface area contributed by atoms with Gasteiger partial charge in [0.25, 0.3) is 0 Å². The van der Waals surface area contributed by atoms with E-state index in [-0.39, 0.29) is 6.10 Å². The van der Waals surface area contributed by atoms with E-state index in [0.717, 1.165) is 12.9 Å². The highest BCUT2D eigenvalue weighted by atomic mass is 35.5. The minimum absolute atomic E-state index is 0.185. The van der Waals surface area contributed by atoms with Crippen molar-refractivity contribution in [1.82, 2.24) is 0 Å². The zero-order chi connectivity index (χ0) is 9.97. The van der Waals surface area contributed by atoms with E-state index in [9.17, 15) is 4.79 Å². The lowest BCUT2D eigenvalue weighted by atomic mass is 10.2. The van der Waals surface area contributed by atoms with Crippen LogP contribution in [0.2, 0.25) is 5.02 Å². The number of benzene rings is 1. The summed E-state index contributed by atoms with van der Waals surface area (Å²) in [6.07, 6.45) is 0.916. The van der Waals surface area contributed by atoms with Gasteiger partial charge in [0.05, 0.1) is 12.2 Å². The van der Waals surface area contributed by atoms with Crippen LogP contribution in [0.25, 0.3) is 0 Å². The van der Waals surface area contributed by atoms with E-state index in [1.165, 1.54) is 0 Å². The summed E-state index contributed by atoms with van der Waals surface area (Å²) in [6, 6.07) is 4.96. The van der Waals surface area contributed by atoms with Crippen LogP contribution < -0.4 is 4.74 Å². The Morgan fingerprint density at radius 2 is 2.43 bits per heavy atom. The van der Waals surface area contributed by atoms with Gasteiger partial charge >= 0.3 is 0 Å². The summed E-state index contributed by atoms with van der Waals surface area (Å²) < 4.78 is 10.4. The summed E-state index contributed by atoms with van der Waals surface area (Å²) in [5.41, 5.74) is 0.471. The smallest absolute Gasteiger partial charge is 0.153 e. The molecule has 74 valence electrons. The number of carbonyl (C=O) groups is 1. The molecule has 0 aromatic heterocycles. The third kappa shape index (κ3) is 2.25. The Morgan fingerprint density at radius 1 is 1.64 bits per heavy atom. The van der Waals surface area contributed by atoms with Gasteiger partial charge in [0.1, 0.15) is 18.5 Å². The van der Waals surface area contributed by atoms with Crippen molar-refractivity contribution in [2.45, 2.75) is 6.10 Å². The largest absolute Gasteiger partial charge is 0.490 e. The molecule has 1 heterocycles. The monoisotopic (exact) mass is 212 g/mol. The molecule has 14 heavy (non-hydrogen) atoms. The van der Waals surface area contributed by atoms with Crippen LogP contribution in [0, 0.1) is 0 Å². The molecule has 1 aromatic carbocycles. The maximum absolute atomic E-state index is 10.7. The van der Waals surface area contributed by atoms with Gasteiger partial charge in [-0.15, -0.1) is 0 Å². The molecule has 3 nitrogen and oxygen atoms in total. The first-order valence-corrected chi connectivity index (χ1v) is 4.66. The van der Waals surface area contributed by atoms with Gasteiger partial charge in [-0.2, -0.15) is 0 Å². The van der Waals surface area contributed by atoms with Crippen molar-refractivity contribution in [2.24, 2.45) is 0 Å². The van der Waals surface area contributed by atoms with Crippen LogP contribution in [-0.4, -0.2) is 25.6 Å². The molecule has 1 saturated heterocycles. The van der Waals surface area contributed by atoms with Crippen LogP contribution in [0.1, 0.15) is 10.4 Å². The molecule has 0 amide bonds. The van der Waals surface area contributed by atoms with E-state index < -0.39 is 0 Å². The van der Waals surface area contributed by atoms with Gasteiger partial charge in [0, 0.05) is 5.02 Å². The number of aldehydes is 1. The number of ether oxygens (including phenoxy) is 2. The molecule has 4 heteroatoms. The number of carbonyl (C=O) groups excluding carboxylic acids is 1. The maximum atomic E-state index is 10.7. The summed E-state index contributed by atoms with van der Waals surface area (Å²) in [7, 11) is 0. The lowest BCUT2D eigenvalue weighted by Gasteiger charge is -2.06.